The zero-order valence-electron chi connectivity index (χ0n) is 17.1. The molecular formula is C18H18BF7N4O2S. The van der Waals surface area contributed by atoms with E-state index < -0.39 is 20.0 Å². The molecule has 0 amide bonds. The minimum atomic E-state index is -6.00. The van der Waals surface area contributed by atoms with Crippen molar-refractivity contribution in [2.75, 3.05) is 24.2 Å². The Morgan fingerprint density at radius 2 is 1.85 bits per heavy atom. The van der Waals surface area contributed by atoms with Gasteiger partial charge < -0.3 is 27.1 Å². The van der Waals surface area contributed by atoms with Crippen molar-refractivity contribution in [3.8, 4) is 11.7 Å². The summed E-state index contributed by atoms with van der Waals surface area (Å²) < 4.78 is 87.3. The van der Waals surface area contributed by atoms with E-state index >= 15 is 0 Å². The molecule has 3 heterocycles. The fraction of sp³-hybridized carbons (Fsp3) is 0.333. The number of β-amino-alcohol motifs (C(OH)–C–C–N with tert-alkyl or cyclic N) is 1. The third-order valence-corrected chi connectivity index (χ3v) is 5.51. The van der Waals surface area contributed by atoms with Crippen molar-refractivity contribution in [3.63, 3.8) is 0 Å². The van der Waals surface area contributed by atoms with Crippen LogP contribution in [0.2, 0.25) is 0 Å². The van der Waals surface area contributed by atoms with E-state index in [1.165, 1.54) is 18.0 Å². The Balaban J connectivity index is 0.000000555. The van der Waals surface area contributed by atoms with E-state index in [1.54, 1.807) is 13.1 Å². The monoisotopic (exact) mass is 498 g/mol. The number of fused-ring (bicyclic) bond motifs is 5. The maximum atomic E-state index is 12.6. The minimum Gasteiger partial charge on any atom is -0.484 e. The van der Waals surface area contributed by atoms with Crippen molar-refractivity contribution < 1.29 is 44.8 Å². The molecule has 0 aliphatic carbocycles. The van der Waals surface area contributed by atoms with Crippen LogP contribution in [0.15, 0.2) is 36.5 Å². The number of rotatable bonds is 4. The van der Waals surface area contributed by atoms with E-state index in [9.17, 15) is 35.5 Å². The largest absolute Gasteiger partial charge is 0.673 e. The first kappa shape index (κ1) is 25.0. The fourth-order valence-corrected chi connectivity index (χ4v) is 4.30. The van der Waals surface area contributed by atoms with Gasteiger partial charge in [-0.3, -0.25) is 0 Å². The highest BCUT2D eigenvalue weighted by molar-refractivity contribution is 7.99. The van der Waals surface area contributed by atoms with Crippen LogP contribution in [0.1, 0.15) is 11.3 Å². The molecule has 0 spiro atoms. The summed E-state index contributed by atoms with van der Waals surface area (Å²) in [5.74, 6) is 1.30. The summed E-state index contributed by atoms with van der Waals surface area (Å²) in [6.45, 7) is 0.744. The number of para-hydroxylation sites is 2. The Bertz CT molecular complexity index is 1120. The van der Waals surface area contributed by atoms with Gasteiger partial charge in [-0.05, 0) is 31.0 Å². The lowest BCUT2D eigenvalue weighted by Gasteiger charge is -2.17. The highest BCUT2D eigenvalue weighted by atomic mass is 32.2. The zero-order chi connectivity index (χ0) is 24.4. The molecule has 1 N–H and O–H groups in total. The quantitative estimate of drug-likeness (QED) is 0.256. The lowest BCUT2D eigenvalue weighted by atomic mass is 10.2. The maximum absolute atomic E-state index is 12.6. The molecule has 1 aromatic carbocycles. The average Bonchev–Trinajstić information content (AvgIpc) is 3.01. The molecule has 0 fully saturated rings. The topological polar surface area (TPSA) is 54.4 Å². The number of aliphatic hydroxyl groups excluding tert-OH is 1. The second-order valence-electron chi connectivity index (χ2n) is 6.81. The number of imidazole rings is 1. The molecule has 3 aromatic rings. The number of benzene rings is 1. The molecule has 33 heavy (non-hydrogen) atoms. The van der Waals surface area contributed by atoms with E-state index in [4.69, 9.17) is 9.72 Å². The van der Waals surface area contributed by atoms with Gasteiger partial charge in [0.2, 0.25) is 0 Å². The molecule has 2 aromatic heterocycles. The third-order valence-electron chi connectivity index (χ3n) is 4.46. The first-order valence-electron chi connectivity index (χ1n) is 9.49. The van der Waals surface area contributed by atoms with Crippen LogP contribution < -0.4 is 13.7 Å². The SMILES string of the molecule is Cc1c(OCC(F)(F)F)cc[n+]2c1CSN(CCO)n1c-2nc2ccccc21.F[B-](F)(F)F. The van der Waals surface area contributed by atoms with Gasteiger partial charge in [0.05, 0.1) is 25.1 Å². The third kappa shape index (κ3) is 6.22. The van der Waals surface area contributed by atoms with Crippen LogP contribution in [0.3, 0.4) is 0 Å². The average molecular weight is 498 g/mol. The number of nitrogens with zero attached hydrogens (tertiary/aromatic N) is 4. The van der Waals surface area contributed by atoms with E-state index in [1.807, 2.05) is 37.9 Å². The fourth-order valence-electron chi connectivity index (χ4n) is 3.18. The molecular weight excluding hydrogens is 480 g/mol. The van der Waals surface area contributed by atoms with Crippen LogP contribution in [0.5, 0.6) is 5.75 Å². The van der Waals surface area contributed by atoms with Crippen LogP contribution in [-0.2, 0) is 5.75 Å². The van der Waals surface area contributed by atoms with Gasteiger partial charge in [-0.25, -0.2) is 8.98 Å². The Morgan fingerprint density at radius 1 is 1.18 bits per heavy atom. The van der Waals surface area contributed by atoms with Gasteiger partial charge in [-0.2, -0.15) is 13.2 Å². The van der Waals surface area contributed by atoms with Gasteiger partial charge in [0.25, 0.3) is 0 Å². The molecule has 0 bridgehead atoms. The van der Waals surface area contributed by atoms with Crippen LogP contribution in [-0.4, -0.2) is 48.0 Å². The number of aliphatic hydroxyl groups is 1. The van der Waals surface area contributed by atoms with Crippen LogP contribution in [0.4, 0.5) is 30.4 Å². The minimum absolute atomic E-state index is 0.0428. The molecule has 1 aliphatic heterocycles. The molecule has 180 valence electrons. The first-order chi connectivity index (χ1) is 15.4. The Hall–Kier alpha value is -2.68. The Labute approximate surface area is 187 Å². The summed E-state index contributed by atoms with van der Waals surface area (Å²) >= 11 is 1.46. The second kappa shape index (κ2) is 9.67. The number of ether oxygens (including phenoxy) is 1. The summed E-state index contributed by atoms with van der Waals surface area (Å²) in [5.41, 5.74) is 3.09. The smallest absolute Gasteiger partial charge is 0.484 e. The zero-order valence-corrected chi connectivity index (χ0v) is 17.9. The van der Waals surface area contributed by atoms with E-state index in [0.717, 1.165) is 16.7 Å². The van der Waals surface area contributed by atoms with Crippen LogP contribution >= 0.6 is 11.9 Å². The second-order valence-corrected chi connectivity index (χ2v) is 7.77. The number of halogens is 7. The lowest BCUT2D eigenvalue weighted by molar-refractivity contribution is -0.612. The molecule has 0 saturated heterocycles. The number of pyridine rings is 1. The number of aromatic nitrogens is 3. The van der Waals surface area contributed by atoms with E-state index in [-0.39, 0.29) is 12.4 Å². The molecule has 15 heteroatoms. The normalized spacial score (nSPS) is 13.7. The predicted molar refractivity (Wildman–Crippen MR) is 109 cm³/mol. The van der Waals surface area contributed by atoms with Gasteiger partial charge in [0.1, 0.15) is 11.4 Å². The van der Waals surface area contributed by atoms with E-state index in [2.05, 4.69) is 0 Å². The van der Waals surface area contributed by atoms with Gasteiger partial charge in [0, 0.05) is 11.6 Å². The highest BCUT2D eigenvalue weighted by Gasteiger charge is 2.34. The van der Waals surface area contributed by atoms with Crippen molar-refractivity contribution in [1.82, 2.24) is 9.66 Å². The molecule has 4 rings (SSSR count). The summed E-state index contributed by atoms with van der Waals surface area (Å²) in [7, 11) is -6.00. The van der Waals surface area contributed by atoms with Gasteiger partial charge in [0.15, 0.2) is 17.6 Å². The number of hydrogen-bond acceptors (Lipinski definition) is 5. The first-order valence-corrected chi connectivity index (χ1v) is 10.4. The molecule has 0 saturated carbocycles. The van der Waals surface area contributed by atoms with Crippen LogP contribution in [0, 0.1) is 6.92 Å². The molecule has 0 radical (unpaired) electrons. The van der Waals surface area contributed by atoms with Crippen LogP contribution in [0.25, 0.3) is 17.0 Å². The van der Waals surface area contributed by atoms with Crippen molar-refractivity contribution in [2.24, 2.45) is 0 Å². The molecule has 0 unspecified atom stereocenters. The highest BCUT2D eigenvalue weighted by Crippen LogP contribution is 2.30. The van der Waals surface area contributed by atoms with Gasteiger partial charge in [-0.1, -0.05) is 17.1 Å². The lowest BCUT2D eigenvalue weighted by Crippen LogP contribution is -2.41. The maximum Gasteiger partial charge on any atom is 0.673 e. The number of hydrogen-bond donors (Lipinski definition) is 1. The number of alkyl halides is 3. The summed E-state index contributed by atoms with van der Waals surface area (Å²) in [6.07, 6.45) is -2.72. The molecule has 1 aliphatic rings. The summed E-state index contributed by atoms with van der Waals surface area (Å²) in [4.78, 5) is 4.71. The standard InChI is InChI=1S/C18H18F3N4O2S.BF4/c1-12-15-10-28-24(8-9-26)25-14-5-3-2-4-13(14)22-17(25)23(15)7-6-16(12)27-11-18(19,20)21;2-1(3,4)5/h2-7,26H,8-11H2,1H3;/q+1;-1. The van der Waals surface area contributed by atoms with Crippen molar-refractivity contribution in [3.05, 3.63) is 47.8 Å². The van der Waals surface area contributed by atoms with Crippen molar-refractivity contribution in [2.45, 2.75) is 18.9 Å². The summed E-state index contributed by atoms with van der Waals surface area (Å²) in [5, 5.41) is 9.49. The Morgan fingerprint density at radius 3 is 2.48 bits per heavy atom. The molecule has 6 nitrogen and oxygen atoms in total. The van der Waals surface area contributed by atoms with Crippen molar-refractivity contribution >= 4 is 30.2 Å². The molecule has 0 atom stereocenters. The Kier molecular flexibility index (Phi) is 7.31. The van der Waals surface area contributed by atoms with Gasteiger partial charge >= 0.3 is 19.4 Å². The summed E-state index contributed by atoms with van der Waals surface area (Å²) in [6, 6.07) is 9.17. The predicted octanol–water partition coefficient (Wildman–Crippen LogP) is 3.95. The van der Waals surface area contributed by atoms with Crippen molar-refractivity contribution in [1.29, 1.82) is 0 Å². The van der Waals surface area contributed by atoms with Gasteiger partial charge in [-0.15, -0.1) is 4.68 Å². The van der Waals surface area contributed by atoms with E-state index in [0.29, 0.717) is 23.8 Å².